The fourth-order valence-electron chi connectivity index (χ4n) is 3.19. The van der Waals surface area contributed by atoms with E-state index in [1.807, 2.05) is 12.1 Å². The molecule has 3 heterocycles. The predicted molar refractivity (Wildman–Crippen MR) is 85.3 cm³/mol. The Kier molecular flexibility index (Phi) is 3.35. The Labute approximate surface area is 131 Å². The topological polar surface area (TPSA) is 63.3 Å². The van der Waals surface area contributed by atoms with E-state index in [1.165, 1.54) is 15.3 Å². The normalized spacial score (nSPS) is 15.3. The summed E-state index contributed by atoms with van der Waals surface area (Å²) in [6.07, 6.45) is 4.95. The van der Waals surface area contributed by atoms with E-state index in [2.05, 4.69) is 17.0 Å². The summed E-state index contributed by atoms with van der Waals surface area (Å²) in [5.41, 5.74) is 1.25. The van der Waals surface area contributed by atoms with Crippen molar-refractivity contribution in [3.8, 4) is 0 Å². The highest BCUT2D eigenvalue weighted by Crippen LogP contribution is 2.34. The van der Waals surface area contributed by atoms with Gasteiger partial charge in [-0.2, -0.15) is 0 Å². The zero-order valence-corrected chi connectivity index (χ0v) is 13.3. The van der Waals surface area contributed by atoms with E-state index >= 15 is 0 Å². The molecule has 22 heavy (non-hydrogen) atoms. The molecule has 0 aliphatic heterocycles. The van der Waals surface area contributed by atoms with Crippen molar-refractivity contribution in [2.24, 2.45) is 0 Å². The summed E-state index contributed by atoms with van der Waals surface area (Å²) < 4.78 is 5.37. The maximum atomic E-state index is 12.4. The van der Waals surface area contributed by atoms with E-state index in [-0.39, 0.29) is 5.56 Å². The Morgan fingerprint density at radius 1 is 1.41 bits per heavy atom. The molecule has 1 aliphatic rings. The number of aromatic amines is 1. The fourth-order valence-corrected chi connectivity index (χ4v) is 4.47. The molecule has 1 unspecified atom stereocenters. The Morgan fingerprint density at radius 2 is 2.32 bits per heavy atom. The molecule has 0 saturated carbocycles. The third-order valence-electron chi connectivity index (χ3n) is 4.15. The molecule has 1 atom stereocenters. The van der Waals surface area contributed by atoms with Crippen molar-refractivity contribution >= 4 is 21.6 Å². The van der Waals surface area contributed by atoms with Crippen molar-refractivity contribution in [2.45, 2.75) is 32.4 Å². The van der Waals surface area contributed by atoms with Crippen molar-refractivity contribution in [3.63, 3.8) is 0 Å². The molecule has 0 bridgehead atoms. The number of quaternary nitrogens is 1. The first-order valence-electron chi connectivity index (χ1n) is 7.58. The van der Waals surface area contributed by atoms with Gasteiger partial charge in [0, 0.05) is 4.88 Å². The Hall–Kier alpha value is -1.92. The minimum Gasteiger partial charge on any atom is -0.463 e. The molecule has 0 spiro atoms. The highest BCUT2D eigenvalue weighted by atomic mass is 32.1. The minimum absolute atomic E-state index is 0.0187. The van der Waals surface area contributed by atoms with Crippen molar-refractivity contribution < 1.29 is 9.32 Å². The smallest absolute Gasteiger partial charge is 0.260 e. The monoisotopic (exact) mass is 316 g/mol. The van der Waals surface area contributed by atoms with Gasteiger partial charge in [0.15, 0.2) is 11.6 Å². The van der Waals surface area contributed by atoms with Gasteiger partial charge in [-0.1, -0.05) is 0 Å². The van der Waals surface area contributed by atoms with E-state index in [0.717, 1.165) is 47.6 Å². The second-order valence-corrected chi connectivity index (χ2v) is 7.02. The number of fused-ring (bicyclic) bond motifs is 3. The van der Waals surface area contributed by atoms with Crippen LogP contribution in [-0.2, 0) is 25.9 Å². The number of nitrogens with zero attached hydrogens (tertiary/aromatic N) is 1. The highest BCUT2D eigenvalue weighted by Gasteiger charge is 2.21. The predicted octanol–water partition coefficient (Wildman–Crippen LogP) is 1.28. The van der Waals surface area contributed by atoms with Gasteiger partial charge >= 0.3 is 0 Å². The van der Waals surface area contributed by atoms with Gasteiger partial charge in [-0.15, -0.1) is 11.3 Å². The fraction of sp³-hybridized carbons (Fsp3) is 0.375. The van der Waals surface area contributed by atoms with Crippen molar-refractivity contribution in [2.75, 3.05) is 7.05 Å². The summed E-state index contributed by atoms with van der Waals surface area (Å²) in [6, 6.07) is 3.86. The van der Waals surface area contributed by atoms with Crippen LogP contribution in [0, 0.1) is 0 Å². The average molecular weight is 316 g/mol. The summed E-state index contributed by atoms with van der Waals surface area (Å²) in [4.78, 5) is 23.5. The first kappa shape index (κ1) is 13.7. The standard InChI is InChI=1S/C16H17N3O2S/c1-19(8-10-4-3-7-21-10)9-13-17-15(20)14-11-5-2-6-12(11)22-16(14)18-13/h3-4,7H,2,5-6,8-9H2,1H3,(H,17,18,20)/p+1. The molecule has 0 radical (unpaired) electrons. The quantitative estimate of drug-likeness (QED) is 0.762. The van der Waals surface area contributed by atoms with Gasteiger partial charge in [0.05, 0.1) is 18.7 Å². The number of thiophene rings is 1. The number of aryl methyl sites for hydroxylation is 2. The van der Waals surface area contributed by atoms with E-state index in [4.69, 9.17) is 4.42 Å². The summed E-state index contributed by atoms with van der Waals surface area (Å²) in [5.74, 6) is 1.69. The molecule has 3 aromatic heterocycles. The molecule has 0 amide bonds. The Bertz CT molecular complexity index is 864. The second-order valence-electron chi connectivity index (χ2n) is 5.94. The van der Waals surface area contributed by atoms with Gasteiger partial charge < -0.3 is 14.3 Å². The Morgan fingerprint density at radius 3 is 3.14 bits per heavy atom. The molecule has 114 valence electrons. The number of hydrogen-bond donors (Lipinski definition) is 2. The molecule has 0 aromatic carbocycles. The first-order valence-corrected chi connectivity index (χ1v) is 8.39. The van der Waals surface area contributed by atoms with Gasteiger partial charge in [-0.05, 0) is 37.0 Å². The number of nitrogens with one attached hydrogen (secondary N) is 2. The molecule has 0 fully saturated rings. The number of rotatable bonds is 4. The van der Waals surface area contributed by atoms with Crippen LogP contribution in [0.15, 0.2) is 27.6 Å². The lowest BCUT2D eigenvalue weighted by atomic mass is 10.2. The zero-order valence-electron chi connectivity index (χ0n) is 12.4. The molecular formula is C16H18N3O2S+. The summed E-state index contributed by atoms with van der Waals surface area (Å²) in [5, 5.41) is 0.824. The second kappa shape index (κ2) is 5.37. The van der Waals surface area contributed by atoms with Crippen molar-refractivity contribution in [1.29, 1.82) is 0 Å². The van der Waals surface area contributed by atoms with Crippen LogP contribution in [0.25, 0.3) is 10.2 Å². The van der Waals surface area contributed by atoms with E-state index in [0.29, 0.717) is 6.54 Å². The average Bonchev–Trinajstić information content (AvgIpc) is 3.14. The molecule has 5 nitrogen and oxygen atoms in total. The van der Waals surface area contributed by atoms with E-state index in [1.54, 1.807) is 17.6 Å². The van der Waals surface area contributed by atoms with Gasteiger partial charge in [-0.3, -0.25) is 4.79 Å². The molecule has 0 saturated heterocycles. The van der Waals surface area contributed by atoms with Crippen LogP contribution in [0.3, 0.4) is 0 Å². The lowest BCUT2D eigenvalue weighted by Gasteiger charge is -2.11. The van der Waals surface area contributed by atoms with Crippen molar-refractivity contribution in [3.05, 3.63) is 50.8 Å². The molecule has 6 heteroatoms. The van der Waals surface area contributed by atoms with Crippen LogP contribution in [-0.4, -0.2) is 17.0 Å². The minimum atomic E-state index is 0.0187. The third kappa shape index (κ3) is 2.38. The maximum Gasteiger partial charge on any atom is 0.260 e. The van der Waals surface area contributed by atoms with Gasteiger partial charge in [-0.25, -0.2) is 4.98 Å². The molecule has 1 aliphatic carbocycles. The van der Waals surface area contributed by atoms with Crippen LogP contribution in [0.1, 0.15) is 28.4 Å². The van der Waals surface area contributed by atoms with Crippen LogP contribution >= 0.6 is 11.3 Å². The third-order valence-corrected chi connectivity index (χ3v) is 5.34. The lowest BCUT2D eigenvalue weighted by molar-refractivity contribution is -0.909. The number of hydrogen-bond acceptors (Lipinski definition) is 4. The molecular weight excluding hydrogens is 298 g/mol. The van der Waals surface area contributed by atoms with Crippen LogP contribution in [0.2, 0.25) is 0 Å². The Balaban J connectivity index is 1.61. The van der Waals surface area contributed by atoms with Crippen LogP contribution in [0.4, 0.5) is 0 Å². The van der Waals surface area contributed by atoms with E-state index < -0.39 is 0 Å². The highest BCUT2D eigenvalue weighted by molar-refractivity contribution is 7.18. The number of furan rings is 1. The SMILES string of the molecule is C[NH+](Cc1nc2sc3c(c2c(=O)[nH]1)CCC3)Cc1ccco1. The first-order chi connectivity index (χ1) is 10.7. The van der Waals surface area contributed by atoms with Gasteiger partial charge in [0.25, 0.3) is 5.56 Å². The van der Waals surface area contributed by atoms with Gasteiger partial charge in [0.2, 0.25) is 0 Å². The summed E-state index contributed by atoms with van der Waals surface area (Å²) >= 11 is 1.69. The molecule has 2 N–H and O–H groups in total. The number of H-pyrrole nitrogens is 1. The zero-order chi connectivity index (χ0) is 15.1. The van der Waals surface area contributed by atoms with Crippen molar-refractivity contribution in [1.82, 2.24) is 9.97 Å². The molecule has 4 rings (SSSR count). The number of aromatic nitrogens is 2. The molecule has 3 aromatic rings. The summed E-state index contributed by atoms with van der Waals surface area (Å²) in [7, 11) is 2.07. The summed E-state index contributed by atoms with van der Waals surface area (Å²) in [6.45, 7) is 1.45. The van der Waals surface area contributed by atoms with Crippen LogP contribution < -0.4 is 10.5 Å². The maximum absolute atomic E-state index is 12.4. The van der Waals surface area contributed by atoms with Crippen LogP contribution in [0.5, 0.6) is 0 Å². The lowest BCUT2D eigenvalue weighted by Crippen LogP contribution is -3.06. The largest absolute Gasteiger partial charge is 0.463 e. The van der Waals surface area contributed by atoms with E-state index in [9.17, 15) is 4.79 Å². The van der Waals surface area contributed by atoms with Gasteiger partial charge in [0.1, 0.15) is 17.9 Å².